The average Bonchev–Trinajstić information content (AvgIpc) is 2.99. The van der Waals surface area contributed by atoms with E-state index >= 15 is 0 Å². The van der Waals surface area contributed by atoms with Crippen molar-refractivity contribution >= 4 is 22.4 Å². The zero-order chi connectivity index (χ0) is 13.9. The largest absolute Gasteiger partial charge is 0.316 e. The van der Waals surface area contributed by atoms with Crippen molar-refractivity contribution in [3.63, 3.8) is 0 Å². The molecule has 2 N–H and O–H groups in total. The molecule has 0 aromatic carbocycles. The standard InChI is InChI=1S/C14H23N3OS/c1-4-5-14(6-7-15-9-14)12(18)17-13-16-11(8-19-13)10(2)3/h8,10,15H,4-7,9H2,1-3H3,(H,16,17,18). The highest BCUT2D eigenvalue weighted by Gasteiger charge is 2.40. The van der Waals surface area contributed by atoms with Crippen molar-refractivity contribution in [2.24, 2.45) is 5.41 Å². The molecule has 0 aliphatic carbocycles. The Kier molecular flexibility index (Phi) is 4.58. The van der Waals surface area contributed by atoms with Crippen LogP contribution in [-0.4, -0.2) is 24.0 Å². The van der Waals surface area contributed by atoms with Crippen LogP contribution in [0.4, 0.5) is 5.13 Å². The highest BCUT2D eigenvalue weighted by molar-refractivity contribution is 7.13. The van der Waals surface area contributed by atoms with E-state index in [1.165, 1.54) is 11.3 Å². The van der Waals surface area contributed by atoms with Gasteiger partial charge in [0.15, 0.2) is 5.13 Å². The number of nitrogens with zero attached hydrogens (tertiary/aromatic N) is 1. The minimum atomic E-state index is -0.238. The number of rotatable bonds is 5. The third-order valence-electron chi connectivity index (χ3n) is 3.79. The van der Waals surface area contributed by atoms with Gasteiger partial charge in [0.05, 0.1) is 11.1 Å². The van der Waals surface area contributed by atoms with Crippen LogP contribution in [0.2, 0.25) is 0 Å². The highest BCUT2D eigenvalue weighted by Crippen LogP contribution is 2.33. The van der Waals surface area contributed by atoms with Crippen LogP contribution in [0.5, 0.6) is 0 Å². The first-order chi connectivity index (χ1) is 9.07. The summed E-state index contributed by atoms with van der Waals surface area (Å²) in [7, 11) is 0. The molecule has 0 saturated carbocycles. The van der Waals surface area contributed by atoms with Gasteiger partial charge in [-0.3, -0.25) is 4.79 Å². The average molecular weight is 281 g/mol. The van der Waals surface area contributed by atoms with Crippen molar-refractivity contribution in [1.29, 1.82) is 0 Å². The first kappa shape index (κ1) is 14.5. The van der Waals surface area contributed by atoms with Crippen molar-refractivity contribution in [3.05, 3.63) is 11.1 Å². The molecule has 1 aliphatic heterocycles. The number of carbonyl (C=O) groups excluding carboxylic acids is 1. The molecule has 0 radical (unpaired) electrons. The number of nitrogens with one attached hydrogen (secondary N) is 2. The van der Waals surface area contributed by atoms with Crippen LogP contribution >= 0.6 is 11.3 Å². The van der Waals surface area contributed by atoms with E-state index in [0.29, 0.717) is 5.92 Å². The fraction of sp³-hybridized carbons (Fsp3) is 0.714. The second-order valence-electron chi connectivity index (χ2n) is 5.64. The Labute approximate surface area is 119 Å². The quantitative estimate of drug-likeness (QED) is 0.872. The van der Waals surface area contributed by atoms with E-state index in [1.807, 2.05) is 5.38 Å². The van der Waals surface area contributed by atoms with E-state index < -0.39 is 0 Å². The van der Waals surface area contributed by atoms with Gasteiger partial charge in [0, 0.05) is 11.9 Å². The predicted molar refractivity (Wildman–Crippen MR) is 79.7 cm³/mol. The van der Waals surface area contributed by atoms with Crippen LogP contribution in [0.25, 0.3) is 0 Å². The Morgan fingerprint density at radius 3 is 2.95 bits per heavy atom. The van der Waals surface area contributed by atoms with Gasteiger partial charge >= 0.3 is 0 Å². The number of carbonyl (C=O) groups is 1. The summed E-state index contributed by atoms with van der Waals surface area (Å²) in [4.78, 5) is 17.0. The van der Waals surface area contributed by atoms with E-state index in [2.05, 4.69) is 36.4 Å². The summed E-state index contributed by atoms with van der Waals surface area (Å²) < 4.78 is 0. The number of hydrogen-bond donors (Lipinski definition) is 2. The van der Waals surface area contributed by atoms with Crippen molar-refractivity contribution in [2.45, 2.75) is 46.0 Å². The van der Waals surface area contributed by atoms with Crippen molar-refractivity contribution in [3.8, 4) is 0 Å². The van der Waals surface area contributed by atoms with Gasteiger partial charge in [0.2, 0.25) is 5.91 Å². The van der Waals surface area contributed by atoms with Crippen LogP contribution in [0.1, 0.15) is 51.6 Å². The molecule has 2 rings (SSSR count). The number of thiazole rings is 1. The minimum absolute atomic E-state index is 0.129. The summed E-state index contributed by atoms with van der Waals surface area (Å²) in [5, 5.41) is 9.08. The highest BCUT2D eigenvalue weighted by atomic mass is 32.1. The molecule has 106 valence electrons. The van der Waals surface area contributed by atoms with Crippen molar-refractivity contribution < 1.29 is 4.79 Å². The number of amides is 1. The monoisotopic (exact) mass is 281 g/mol. The molecule has 1 aromatic heterocycles. The lowest BCUT2D eigenvalue weighted by molar-refractivity contribution is -0.125. The Morgan fingerprint density at radius 2 is 2.42 bits per heavy atom. The molecule has 1 fully saturated rings. The number of anilines is 1. The van der Waals surface area contributed by atoms with Crippen LogP contribution in [-0.2, 0) is 4.79 Å². The number of hydrogen-bond acceptors (Lipinski definition) is 4. The normalized spacial score (nSPS) is 22.9. The topological polar surface area (TPSA) is 54.0 Å². The molecule has 5 heteroatoms. The van der Waals surface area contributed by atoms with Crippen LogP contribution < -0.4 is 10.6 Å². The Balaban J connectivity index is 2.06. The Morgan fingerprint density at radius 1 is 1.63 bits per heavy atom. The maximum Gasteiger partial charge on any atom is 0.233 e. The number of aromatic nitrogens is 1. The van der Waals surface area contributed by atoms with E-state index in [9.17, 15) is 4.79 Å². The molecule has 19 heavy (non-hydrogen) atoms. The molecule has 2 heterocycles. The van der Waals surface area contributed by atoms with Crippen LogP contribution in [0.15, 0.2) is 5.38 Å². The fourth-order valence-electron chi connectivity index (χ4n) is 2.58. The first-order valence-electron chi connectivity index (χ1n) is 7.05. The van der Waals surface area contributed by atoms with Crippen molar-refractivity contribution in [1.82, 2.24) is 10.3 Å². The van der Waals surface area contributed by atoms with E-state index in [4.69, 9.17) is 0 Å². The maximum absolute atomic E-state index is 12.5. The summed E-state index contributed by atoms with van der Waals surface area (Å²) in [5.41, 5.74) is 0.813. The van der Waals surface area contributed by atoms with Crippen LogP contribution in [0.3, 0.4) is 0 Å². The van der Waals surface area contributed by atoms with Gasteiger partial charge in [-0.1, -0.05) is 27.2 Å². The van der Waals surface area contributed by atoms with Crippen molar-refractivity contribution in [2.75, 3.05) is 18.4 Å². The smallest absolute Gasteiger partial charge is 0.233 e. The lowest BCUT2D eigenvalue weighted by atomic mass is 9.81. The molecule has 1 aliphatic rings. The lowest BCUT2D eigenvalue weighted by Crippen LogP contribution is -2.38. The zero-order valence-corrected chi connectivity index (χ0v) is 12.8. The van der Waals surface area contributed by atoms with Gasteiger partial charge in [0.25, 0.3) is 0 Å². The molecular formula is C14H23N3OS. The summed E-state index contributed by atoms with van der Waals surface area (Å²) in [6.45, 7) is 8.07. The van der Waals surface area contributed by atoms with Gasteiger partial charge in [-0.15, -0.1) is 11.3 Å². The zero-order valence-electron chi connectivity index (χ0n) is 12.0. The van der Waals surface area contributed by atoms with E-state index in [-0.39, 0.29) is 11.3 Å². The van der Waals surface area contributed by atoms with E-state index in [0.717, 1.165) is 43.2 Å². The third-order valence-corrected chi connectivity index (χ3v) is 4.56. The molecule has 0 bridgehead atoms. The summed E-state index contributed by atoms with van der Waals surface area (Å²) in [6.07, 6.45) is 2.90. The third kappa shape index (κ3) is 3.15. The molecule has 1 atom stereocenters. The first-order valence-corrected chi connectivity index (χ1v) is 7.93. The minimum Gasteiger partial charge on any atom is -0.316 e. The fourth-order valence-corrected chi connectivity index (χ4v) is 3.45. The van der Waals surface area contributed by atoms with Crippen LogP contribution in [0, 0.1) is 5.41 Å². The van der Waals surface area contributed by atoms with Gasteiger partial charge in [-0.2, -0.15) is 0 Å². The molecule has 1 amide bonds. The maximum atomic E-state index is 12.5. The predicted octanol–water partition coefficient (Wildman–Crippen LogP) is 2.98. The summed E-state index contributed by atoms with van der Waals surface area (Å²) >= 11 is 1.52. The van der Waals surface area contributed by atoms with Gasteiger partial charge in [-0.05, 0) is 25.3 Å². The Bertz CT molecular complexity index is 436. The molecular weight excluding hydrogens is 258 g/mol. The lowest BCUT2D eigenvalue weighted by Gasteiger charge is -2.25. The van der Waals surface area contributed by atoms with Gasteiger partial charge in [0.1, 0.15) is 0 Å². The van der Waals surface area contributed by atoms with Gasteiger partial charge < -0.3 is 10.6 Å². The molecule has 1 saturated heterocycles. The molecule has 4 nitrogen and oxygen atoms in total. The summed E-state index contributed by atoms with van der Waals surface area (Å²) in [6, 6.07) is 0. The molecule has 1 aromatic rings. The summed E-state index contributed by atoms with van der Waals surface area (Å²) in [5.74, 6) is 0.531. The van der Waals surface area contributed by atoms with E-state index in [1.54, 1.807) is 0 Å². The molecule has 1 unspecified atom stereocenters. The second kappa shape index (κ2) is 6.01. The Hall–Kier alpha value is -0.940. The molecule has 0 spiro atoms. The van der Waals surface area contributed by atoms with Gasteiger partial charge in [-0.25, -0.2) is 4.98 Å². The second-order valence-corrected chi connectivity index (χ2v) is 6.50. The SMILES string of the molecule is CCCC1(C(=O)Nc2nc(C(C)C)cs2)CCNC1.